The first-order valence-electron chi connectivity index (χ1n) is 4.95. The van der Waals surface area contributed by atoms with Gasteiger partial charge in [0.15, 0.2) is 5.78 Å². The van der Waals surface area contributed by atoms with Crippen LogP contribution in [0.2, 0.25) is 0 Å². The summed E-state index contributed by atoms with van der Waals surface area (Å²) in [6, 6.07) is 0. The third-order valence-corrected chi connectivity index (χ3v) is 2.40. The van der Waals surface area contributed by atoms with E-state index in [-0.39, 0.29) is 0 Å². The molecule has 0 spiro atoms. The molecule has 0 bridgehead atoms. The largest absolute Gasteiger partial charge is 0.374 e. The first kappa shape index (κ1) is 9.72. The fourth-order valence-electron chi connectivity index (χ4n) is 1.68. The predicted octanol–water partition coefficient (Wildman–Crippen LogP) is 2.17. The van der Waals surface area contributed by atoms with Crippen LogP contribution in [0.15, 0.2) is 0 Å². The fourth-order valence-corrected chi connectivity index (χ4v) is 1.68. The highest BCUT2D eigenvalue weighted by Crippen LogP contribution is 2.25. The zero-order valence-electron chi connectivity index (χ0n) is 7.84. The maximum absolute atomic E-state index is 11.4. The number of carbonyl (C=O) groups excluding carboxylic acids is 1. The number of carbonyl (C=O) groups is 1. The number of Topliss-reactive ketones (excluding diaryl/α,β-unsaturated/α-hetero) is 1. The molecular weight excluding hydrogens is 152 g/mol. The summed E-state index contributed by atoms with van der Waals surface area (Å²) in [6.45, 7) is 3.12. The molecule has 2 heteroatoms. The smallest absolute Gasteiger partial charge is 0.161 e. The Morgan fingerprint density at radius 3 is 2.67 bits per heavy atom. The molecule has 0 N–H and O–H groups in total. The third-order valence-electron chi connectivity index (χ3n) is 2.40. The second-order valence-electron chi connectivity index (χ2n) is 3.50. The molecule has 0 aromatic heterocycles. The van der Waals surface area contributed by atoms with Gasteiger partial charge in [-0.15, -0.1) is 0 Å². The van der Waals surface area contributed by atoms with E-state index in [0.29, 0.717) is 18.3 Å². The van der Waals surface area contributed by atoms with Crippen molar-refractivity contribution in [3.63, 3.8) is 0 Å². The second kappa shape index (κ2) is 5.31. The number of ether oxygens (including phenoxy) is 1. The molecule has 2 nitrogen and oxygen atoms in total. The normalized spacial score (nSPS) is 18.4. The first-order chi connectivity index (χ1) is 5.84. The van der Waals surface area contributed by atoms with Crippen LogP contribution in [-0.4, -0.2) is 19.0 Å². The van der Waals surface area contributed by atoms with Crippen molar-refractivity contribution in [2.24, 2.45) is 5.92 Å². The molecule has 70 valence electrons. The molecule has 0 amide bonds. The van der Waals surface area contributed by atoms with E-state index in [1.807, 2.05) is 0 Å². The first-order valence-corrected chi connectivity index (χ1v) is 4.95. The molecule has 1 saturated carbocycles. The molecule has 0 unspecified atom stereocenters. The molecular formula is C10H18O2. The quantitative estimate of drug-likeness (QED) is 0.591. The van der Waals surface area contributed by atoms with Gasteiger partial charge < -0.3 is 4.74 Å². The molecule has 0 aromatic rings. The van der Waals surface area contributed by atoms with Crippen molar-refractivity contribution in [2.75, 3.05) is 13.2 Å². The van der Waals surface area contributed by atoms with Gasteiger partial charge in [-0.1, -0.05) is 19.8 Å². The van der Waals surface area contributed by atoms with E-state index < -0.39 is 0 Å². The standard InChI is InChI=1S/C10H18O2/c1-2-7-12-8-10(11)9-5-3-4-6-9/h9H,2-8H2,1H3. The lowest BCUT2D eigenvalue weighted by atomic mass is 10.0. The number of hydrogen-bond acceptors (Lipinski definition) is 2. The molecule has 0 heterocycles. The van der Waals surface area contributed by atoms with Gasteiger partial charge in [-0.3, -0.25) is 4.79 Å². The van der Waals surface area contributed by atoms with Crippen molar-refractivity contribution < 1.29 is 9.53 Å². The predicted molar refractivity (Wildman–Crippen MR) is 48.1 cm³/mol. The van der Waals surface area contributed by atoms with E-state index in [9.17, 15) is 4.79 Å². The minimum atomic E-state index is 0.320. The van der Waals surface area contributed by atoms with E-state index in [0.717, 1.165) is 25.9 Å². The van der Waals surface area contributed by atoms with E-state index in [4.69, 9.17) is 4.74 Å². The average molecular weight is 170 g/mol. The molecule has 0 radical (unpaired) electrons. The maximum atomic E-state index is 11.4. The van der Waals surface area contributed by atoms with E-state index in [1.165, 1.54) is 12.8 Å². The van der Waals surface area contributed by atoms with Crippen molar-refractivity contribution in [2.45, 2.75) is 39.0 Å². The Morgan fingerprint density at radius 2 is 2.08 bits per heavy atom. The van der Waals surface area contributed by atoms with Gasteiger partial charge in [0, 0.05) is 12.5 Å². The minimum Gasteiger partial charge on any atom is -0.374 e. The molecule has 1 aliphatic rings. The topological polar surface area (TPSA) is 26.3 Å². The minimum absolute atomic E-state index is 0.320. The summed E-state index contributed by atoms with van der Waals surface area (Å²) < 4.78 is 5.21. The van der Waals surface area contributed by atoms with Crippen LogP contribution in [0.3, 0.4) is 0 Å². The third kappa shape index (κ3) is 2.94. The molecule has 0 aromatic carbocycles. The summed E-state index contributed by atoms with van der Waals surface area (Å²) in [4.78, 5) is 11.4. The van der Waals surface area contributed by atoms with Gasteiger partial charge in [-0.25, -0.2) is 0 Å². The molecule has 0 saturated heterocycles. The lowest BCUT2D eigenvalue weighted by Crippen LogP contribution is -2.17. The summed E-state index contributed by atoms with van der Waals surface area (Å²) in [5.41, 5.74) is 0. The van der Waals surface area contributed by atoms with E-state index >= 15 is 0 Å². The summed E-state index contributed by atoms with van der Waals surface area (Å²) in [7, 11) is 0. The Morgan fingerprint density at radius 1 is 1.42 bits per heavy atom. The van der Waals surface area contributed by atoms with Crippen molar-refractivity contribution in [3.05, 3.63) is 0 Å². The maximum Gasteiger partial charge on any atom is 0.161 e. The van der Waals surface area contributed by atoms with Crippen LogP contribution in [0, 0.1) is 5.92 Å². The Kier molecular flexibility index (Phi) is 4.30. The van der Waals surface area contributed by atoms with Gasteiger partial charge in [-0.05, 0) is 19.3 Å². The lowest BCUT2D eigenvalue weighted by molar-refractivity contribution is -0.127. The van der Waals surface area contributed by atoms with Gasteiger partial charge in [0.2, 0.25) is 0 Å². The van der Waals surface area contributed by atoms with Gasteiger partial charge in [0.1, 0.15) is 6.61 Å². The Hall–Kier alpha value is -0.370. The van der Waals surface area contributed by atoms with Crippen molar-refractivity contribution in [1.82, 2.24) is 0 Å². The van der Waals surface area contributed by atoms with Gasteiger partial charge in [0.05, 0.1) is 0 Å². The number of hydrogen-bond donors (Lipinski definition) is 0. The highest BCUT2D eigenvalue weighted by Gasteiger charge is 2.21. The molecule has 0 atom stereocenters. The van der Waals surface area contributed by atoms with Crippen molar-refractivity contribution in [1.29, 1.82) is 0 Å². The summed E-state index contributed by atoms with van der Waals surface area (Å²) in [6.07, 6.45) is 5.63. The second-order valence-corrected chi connectivity index (χ2v) is 3.50. The van der Waals surface area contributed by atoms with Crippen LogP contribution in [0.4, 0.5) is 0 Å². The molecule has 1 aliphatic carbocycles. The number of rotatable bonds is 5. The zero-order chi connectivity index (χ0) is 8.81. The van der Waals surface area contributed by atoms with Gasteiger partial charge in [-0.2, -0.15) is 0 Å². The molecule has 1 rings (SSSR count). The lowest BCUT2D eigenvalue weighted by Gasteiger charge is -2.07. The molecule has 0 aliphatic heterocycles. The van der Waals surface area contributed by atoms with Crippen LogP contribution in [0.5, 0.6) is 0 Å². The Labute approximate surface area is 74.3 Å². The molecule has 12 heavy (non-hydrogen) atoms. The summed E-state index contributed by atoms with van der Waals surface area (Å²) in [5, 5.41) is 0. The van der Waals surface area contributed by atoms with Crippen LogP contribution < -0.4 is 0 Å². The van der Waals surface area contributed by atoms with Crippen LogP contribution in [0.1, 0.15) is 39.0 Å². The Bertz CT molecular complexity index is 137. The average Bonchev–Trinajstić information content (AvgIpc) is 2.56. The highest BCUT2D eigenvalue weighted by atomic mass is 16.5. The van der Waals surface area contributed by atoms with Crippen molar-refractivity contribution in [3.8, 4) is 0 Å². The van der Waals surface area contributed by atoms with Crippen molar-refractivity contribution >= 4 is 5.78 Å². The number of ketones is 1. The highest BCUT2D eigenvalue weighted by molar-refractivity contribution is 5.82. The molecule has 1 fully saturated rings. The fraction of sp³-hybridized carbons (Fsp3) is 0.900. The zero-order valence-corrected chi connectivity index (χ0v) is 7.84. The van der Waals surface area contributed by atoms with E-state index in [2.05, 4.69) is 6.92 Å². The summed E-state index contributed by atoms with van der Waals surface area (Å²) in [5.74, 6) is 0.641. The monoisotopic (exact) mass is 170 g/mol. The van der Waals surface area contributed by atoms with Gasteiger partial charge in [0.25, 0.3) is 0 Å². The van der Waals surface area contributed by atoms with E-state index in [1.54, 1.807) is 0 Å². The van der Waals surface area contributed by atoms with Gasteiger partial charge >= 0.3 is 0 Å². The van der Waals surface area contributed by atoms with Crippen LogP contribution >= 0.6 is 0 Å². The van der Waals surface area contributed by atoms with Crippen LogP contribution in [-0.2, 0) is 9.53 Å². The summed E-state index contributed by atoms with van der Waals surface area (Å²) >= 11 is 0. The SMILES string of the molecule is CCCOCC(=O)C1CCCC1. The van der Waals surface area contributed by atoms with Crippen LogP contribution in [0.25, 0.3) is 0 Å². The Balaban J connectivity index is 2.10.